The number of anilines is 1. The molecule has 0 aromatic heterocycles. The molecule has 0 saturated carbocycles. The van der Waals surface area contributed by atoms with Crippen LogP contribution in [0.3, 0.4) is 0 Å². The second-order valence-corrected chi connectivity index (χ2v) is 5.72. The van der Waals surface area contributed by atoms with Crippen molar-refractivity contribution in [2.45, 2.75) is 6.54 Å². The highest BCUT2D eigenvalue weighted by Crippen LogP contribution is 2.24. The fourth-order valence-corrected chi connectivity index (χ4v) is 2.77. The summed E-state index contributed by atoms with van der Waals surface area (Å²) in [5.41, 5.74) is 3.06. The highest BCUT2D eigenvalue weighted by molar-refractivity contribution is 6.30. The van der Waals surface area contributed by atoms with E-state index in [1.165, 1.54) is 11.3 Å². The van der Waals surface area contributed by atoms with Crippen molar-refractivity contribution in [2.75, 3.05) is 25.0 Å². The molecule has 21 heavy (non-hydrogen) atoms. The second-order valence-electron chi connectivity index (χ2n) is 5.28. The van der Waals surface area contributed by atoms with E-state index >= 15 is 0 Å². The Bertz CT molecular complexity index is 654. The van der Waals surface area contributed by atoms with E-state index in [0.29, 0.717) is 23.7 Å². The number of hydrogen-bond donors (Lipinski definition) is 0. The number of rotatable bonds is 1. The molecular formula is C17H17ClN2O. The third kappa shape index (κ3) is 2.88. The highest BCUT2D eigenvalue weighted by atomic mass is 35.5. The van der Waals surface area contributed by atoms with Crippen LogP contribution in [-0.4, -0.2) is 30.9 Å². The van der Waals surface area contributed by atoms with E-state index in [9.17, 15) is 4.79 Å². The van der Waals surface area contributed by atoms with Gasteiger partial charge >= 0.3 is 0 Å². The standard InChI is InChI=1S/C17H17ClN2O/c1-19-10-11-20(12-14-4-2-3-5-16(14)19)17(21)13-6-8-15(18)9-7-13/h2-9H,10-12H2,1H3. The summed E-state index contributed by atoms with van der Waals surface area (Å²) in [6.45, 7) is 2.19. The fourth-order valence-electron chi connectivity index (χ4n) is 2.64. The Hall–Kier alpha value is -2.00. The molecule has 4 heteroatoms. The summed E-state index contributed by atoms with van der Waals surface area (Å²) in [6.07, 6.45) is 0. The van der Waals surface area contributed by atoms with Gasteiger partial charge in [0, 0.05) is 43.0 Å². The van der Waals surface area contributed by atoms with Crippen LogP contribution in [0.25, 0.3) is 0 Å². The fraction of sp³-hybridized carbons (Fsp3) is 0.235. The van der Waals surface area contributed by atoms with Gasteiger partial charge in [0.15, 0.2) is 0 Å². The van der Waals surface area contributed by atoms with Crippen LogP contribution >= 0.6 is 11.6 Å². The van der Waals surface area contributed by atoms with Gasteiger partial charge in [0.25, 0.3) is 5.91 Å². The summed E-state index contributed by atoms with van der Waals surface area (Å²) in [6, 6.07) is 15.3. The van der Waals surface area contributed by atoms with E-state index in [4.69, 9.17) is 11.6 Å². The maximum atomic E-state index is 12.6. The lowest BCUT2D eigenvalue weighted by molar-refractivity contribution is 0.0752. The van der Waals surface area contributed by atoms with Gasteiger partial charge in [-0.3, -0.25) is 4.79 Å². The SMILES string of the molecule is CN1CCN(C(=O)c2ccc(Cl)cc2)Cc2ccccc21. The van der Waals surface area contributed by atoms with E-state index < -0.39 is 0 Å². The molecule has 3 rings (SSSR count). The molecule has 0 atom stereocenters. The molecule has 0 fully saturated rings. The zero-order valence-electron chi connectivity index (χ0n) is 11.9. The van der Waals surface area contributed by atoms with Gasteiger partial charge < -0.3 is 9.80 Å². The molecule has 0 bridgehead atoms. The molecule has 108 valence electrons. The number of hydrogen-bond acceptors (Lipinski definition) is 2. The normalized spacial score (nSPS) is 14.6. The van der Waals surface area contributed by atoms with Crippen LogP contribution in [0.4, 0.5) is 5.69 Å². The van der Waals surface area contributed by atoms with Gasteiger partial charge in [0.05, 0.1) is 0 Å². The highest BCUT2D eigenvalue weighted by Gasteiger charge is 2.21. The van der Waals surface area contributed by atoms with Crippen LogP contribution in [0.1, 0.15) is 15.9 Å². The molecule has 1 aliphatic heterocycles. The maximum Gasteiger partial charge on any atom is 0.254 e. The number of benzene rings is 2. The minimum absolute atomic E-state index is 0.0526. The van der Waals surface area contributed by atoms with Crippen molar-refractivity contribution < 1.29 is 4.79 Å². The average molecular weight is 301 g/mol. The van der Waals surface area contributed by atoms with Crippen LogP contribution < -0.4 is 4.90 Å². The van der Waals surface area contributed by atoms with Crippen LogP contribution in [0.2, 0.25) is 5.02 Å². The Morgan fingerprint density at radius 2 is 1.76 bits per heavy atom. The lowest BCUT2D eigenvalue weighted by atomic mass is 10.1. The average Bonchev–Trinajstić information content (AvgIpc) is 2.67. The third-order valence-corrected chi connectivity index (χ3v) is 4.10. The summed E-state index contributed by atoms with van der Waals surface area (Å²) < 4.78 is 0. The summed E-state index contributed by atoms with van der Waals surface area (Å²) in [7, 11) is 2.06. The molecule has 0 unspecified atom stereocenters. The van der Waals surface area contributed by atoms with Gasteiger partial charge in [-0.2, -0.15) is 0 Å². The number of fused-ring (bicyclic) bond motifs is 1. The van der Waals surface area contributed by atoms with E-state index in [0.717, 1.165) is 6.54 Å². The molecule has 0 N–H and O–H groups in total. The van der Waals surface area contributed by atoms with Crippen LogP contribution in [-0.2, 0) is 6.54 Å². The molecular weight excluding hydrogens is 284 g/mol. The molecule has 1 amide bonds. The predicted molar refractivity (Wildman–Crippen MR) is 85.9 cm³/mol. The van der Waals surface area contributed by atoms with Crippen molar-refractivity contribution in [1.82, 2.24) is 4.90 Å². The van der Waals surface area contributed by atoms with Crippen molar-refractivity contribution >= 4 is 23.2 Å². The Kier molecular flexibility index (Phi) is 3.84. The first kappa shape index (κ1) is 14.0. The first-order valence-electron chi connectivity index (χ1n) is 6.99. The molecule has 0 aliphatic carbocycles. The van der Waals surface area contributed by atoms with Gasteiger partial charge in [-0.05, 0) is 35.9 Å². The van der Waals surface area contributed by atoms with Gasteiger partial charge in [-0.25, -0.2) is 0 Å². The Balaban J connectivity index is 1.87. The number of para-hydroxylation sites is 1. The minimum atomic E-state index is 0.0526. The molecule has 3 nitrogen and oxygen atoms in total. The number of amides is 1. The van der Waals surface area contributed by atoms with Gasteiger partial charge in [-0.15, -0.1) is 0 Å². The van der Waals surface area contributed by atoms with E-state index in [1.54, 1.807) is 24.3 Å². The van der Waals surface area contributed by atoms with Crippen LogP contribution in [0.5, 0.6) is 0 Å². The summed E-state index contributed by atoms with van der Waals surface area (Å²) in [4.78, 5) is 16.7. The van der Waals surface area contributed by atoms with Crippen LogP contribution in [0.15, 0.2) is 48.5 Å². The summed E-state index contributed by atoms with van der Waals surface area (Å²) >= 11 is 5.88. The molecule has 0 saturated heterocycles. The Morgan fingerprint density at radius 1 is 1.05 bits per heavy atom. The van der Waals surface area contributed by atoms with E-state index in [-0.39, 0.29) is 5.91 Å². The predicted octanol–water partition coefficient (Wildman–Crippen LogP) is 3.43. The first-order chi connectivity index (χ1) is 10.1. The van der Waals surface area contributed by atoms with Crippen molar-refractivity contribution in [3.63, 3.8) is 0 Å². The largest absolute Gasteiger partial charge is 0.373 e. The number of carbonyl (C=O) groups excluding carboxylic acids is 1. The van der Waals surface area contributed by atoms with Crippen LogP contribution in [0, 0.1) is 0 Å². The molecule has 2 aromatic carbocycles. The number of nitrogens with zero attached hydrogens (tertiary/aromatic N) is 2. The number of carbonyl (C=O) groups is 1. The molecule has 0 spiro atoms. The van der Waals surface area contributed by atoms with Crippen molar-refractivity contribution in [2.24, 2.45) is 0 Å². The zero-order valence-corrected chi connectivity index (χ0v) is 12.7. The Labute approximate surface area is 129 Å². The number of likely N-dealkylation sites (N-methyl/N-ethyl adjacent to an activating group) is 1. The minimum Gasteiger partial charge on any atom is -0.373 e. The quantitative estimate of drug-likeness (QED) is 0.805. The van der Waals surface area contributed by atoms with Gasteiger partial charge in [-0.1, -0.05) is 29.8 Å². The van der Waals surface area contributed by atoms with Crippen molar-refractivity contribution in [3.8, 4) is 0 Å². The topological polar surface area (TPSA) is 23.6 Å². The molecule has 2 aromatic rings. The van der Waals surface area contributed by atoms with Gasteiger partial charge in [0.1, 0.15) is 0 Å². The first-order valence-corrected chi connectivity index (χ1v) is 7.37. The van der Waals surface area contributed by atoms with Gasteiger partial charge in [0.2, 0.25) is 0 Å². The van der Waals surface area contributed by atoms with Crippen molar-refractivity contribution in [3.05, 3.63) is 64.7 Å². The molecule has 0 radical (unpaired) electrons. The zero-order chi connectivity index (χ0) is 14.8. The summed E-state index contributed by atoms with van der Waals surface area (Å²) in [5.74, 6) is 0.0526. The Morgan fingerprint density at radius 3 is 2.52 bits per heavy atom. The van der Waals surface area contributed by atoms with Crippen molar-refractivity contribution in [1.29, 1.82) is 0 Å². The lowest BCUT2D eigenvalue weighted by Gasteiger charge is -2.21. The van der Waals surface area contributed by atoms with E-state index in [2.05, 4.69) is 24.1 Å². The van der Waals surface area contributed by atoms with E-state index in [1.807, 2.05) is 17.0 Å². The lowest BCUT2D eigenvalue weighted by Crippen LogP contribution is -2.34. The smallest absolute Gasteiger partial charge is 0.254 e. The number of halogens is 1. The maximum absolute atomic E-state index is 12.6. The molecule has 1 heterocycles. The monoisotopic (exact) mass is 300 g/mol. The summed E-state index contributed by atoms with van der Waals surface area (Å²) in [5, 5.41) is 0.646. The molecule has 1 aliphatic rings. The third-order valence-electron chi connectivity index (χ3n) is 3.85. The second kappa shape index (κ2) is 5.78.